The molecule has 0 heterocycles. The summed E-state index contributed by atoms with van der Waals surface area (Å²) >= 11 is 0. The van der Waals surface area contributed by atoms with Gasteiger partial charge in [0.25, 0.3) is 0 Å². The molecule has 0 bridgehead atoms. The first-order valence-electron chi connectivity index (χ1n) is 5.86. The molecule has 0 aliphatic heterocycles. The second-order valence-electron chi connectivity index (χ2n) is 5.87. The highest BCUT2D eigenvalue weighted by molar-refractivity contribution is 5.81. The molecule has 1 unspecified atom stereocenters. The molecule has 1 rings (SSSR count). The minimum atomic E-state index is -0.341. The highest BCUT2D eigenvalue weighted by Gasteiger charge is 2.45. The lowest BCUT2D eigenvalue weighted by atomic mass is 10.0. The molecule has 0 aromatic heterocycles. The van der Waals surface area contributed by atoms with Crippen LogP contribution in [0.4, 0.5) is 0 Å². The second-order valence-corrected chi connectivity index (χ2v) is 5.87. The van der Waals surface area contributed by atoms with Gasteiger partial charge >= 0.3 is 0 Å². The Morgan fingerprint density at radius 1 is 1.53 bits per heavy atom. The van der Waals surface area contributed by atoms with E-state index in [1.807, 2.05) is 0 Å². The molecule has 1 aliphatic carbocycles. The van der Waals surface area contributed by atoms with E-state index in [9.17, 15) is 4.79 Å². The third-order valence-corrected chi connectivity index (χ3v) is 3.30. The highest BCUT2D eigenvalue weighted by Crippen LogP contribution is 2.50. The second kappa shape index (κ2) is 4.52. The zero-order valence-electron chi connectivity index (χ0n) is 10.3. The first kappa shape index (κ1) is 12.5. The molecule has 1 aliphatic rings. The lowest BCUT2D eigenvalue weighted by Crippen LogP contribution is -2.42. The maximum Gasteiger partial charge on any atom is 0.236 e. The molecule has 3 N–H and O–H groups in total. The maximum atomic E-state index is 11.6. The molecule has 88 valence electrons. The Morgan fingerprint density at radius 2 is 2.07 bits per heavy atom. The van der Waals surface area contributed by atoms with Gasteiger partial charge in [-0.3, -0.25) is 4.79 Å². The summed E-state index contributed by atoms with van der Waals surface area (Å²) in [6.07, 6.45) is 1.98. The fourth-order valence-corrected chi connectivity index (χ4v) is 1.89. The standard InChI is InChI=1S/C12H24N2O/c1-8(2)5-10(13)11(15)14-7-9-6-12(9,3)4/h8-10H,5-7,13H2,1-4H3,(H,14,15)/t9?,10-/m1/s1. The molecular weight excluding hydrogens is 188 g/mol. The fraction of sp³-hybridized carbons (Fsp3) is 0.917. The van der Waals surface area contributed by atoms with Crippen LogP contribution >= 0.6 is 0 Å². The van der Waals surface area contributed by atoms with Gasteiger partial charge in [-0.2, -0.15) is 0 Å². The minimum absolute atomic E-state index is 0.00593. The lowest BCUT2D eigenvalue weighted by molar-refractivity contribution is -0.122. The van der Waals surface area contributed by atoms with Crippen LogP contribution in [0.2, 0.25) is 0 Å². The number of carbonyl (C=O) groups excluding carboxylic acids is 1. The molecule has 3 nitrogen and oxygen atoms in total. The molecule has 0 aromatic carbocycles. The van der Waals surface area contributed by atoms with Crippen LogP contribution in [0.25, 0.3) is 0 Å². The van der Waals surface area contributed by atoms with Gasteiger partial charge in [0.1, 0.15) is 0 Å². The zero-order valence-corrected chi connectivity index (χ0v) is 10.3. The topological polar surface area (TPSA) is 55.1 Å². The smallest absolute Gasteiger partial charge is 0.236 e. The molecule has 2 atom stereocenters. The van der Waals surface area contributed by atoms with Gasteiger partial charge in [-0.1, -0.05) is 27.7 Å². The maximum absolute atomic E-state index is 11.6. The average Bonchev–Trinajstić information content (AvgIpc) is 2.68. The van der Waals surface area contributed by atoms with E-state index in [0.29, 0.717) is 17.3 Å². The van der Waals surface area contributed by atoms with Crippen LogP contribution in [0, 0.1) is 17.3 Å². The van der Waals surface area contributed by atoms with Crippen LogP contribution in [0.5, 0.6) is 0 Å². The third kappa shape index (κ3) is 3.82. The molecule has 0 aromatic rings. The molecule has 0 saturated heterocycles. The minimum Gasteiger partial charge on any atom is -0.354 e. The van der Waals surface area contributed by atoms with E-state index in [1.54, 1.807) is 0 Å². The quantitative estimate of drug-likeness (QED) is 0.726. The largest absolute Gasteiger partial charge is 0.354 e. The first-order chi connectivity index (χ1) is 6.83. The van der Waals surface area contributed by atoms with Crippen LogP contribution < -0.4 is 11.1 Å². The van der Waals surface area contributed by atoms with E-state index < -0.39 is 0 Å². The van der Waals surface area contributed by atoms with Crippen LogP contribution in [0.15, 0.2) is 0 Å². The molecule has 0 radical (unpaired) electrons. The van der Waals surface area contributed by atoms with Crippen molar-refractivity contribution >= 4 is 5.91 Å². The predicted molar refractivity (Wildman–Crippen MR) is 62.3 cm³/mol. The fourth-order valence-electron chi connectivity index (χ4n) is 1.89. The van der Waals surface area contributed by atoms with Gasteiger partial charge in [0, 0.05) is 6.54 Å². The first-order valence-corrected chi connectivity index (χ1v) is 5.86. The van der Waals surface area contributed by atoms with Crippen LogP contribution in [0.1, 0.15) is 40.5 Å². The average molecular weight is 212 g/mol. The Hall–Kier alpha value is -0.570. The van der Waals surface area contributed by atoms with Gasteiger partial charge in [0.2, 0.25) is 5.91 Å². The normalized spacial score (nSPS) is 25.1. The Labute approximate surface area is 92.8 Å². The number of amides is 1. The Balaban J connectivity index is 2.19. The number of hydrogen-bond acceptors (Lipinski definition) is 2. The summed E-state index contributed by atoms with van der Waals surface area (Å²) < 4.78 is 0. The number of nitrogens with two attached hydrogens (primary N) is 1. The number of carbonyl (C=O) groups is 1. The summed E-state index contributed by atoms with van der Waals surface area (Å²) in [5, 5.41) is 2.94. The van der Waals surface area contributed by atoms with Crippen molar-refractivity contribution in [1.29, 1.82) is 0 Å². The Morgan fingerprint density at radius 3 is 2.47 bits per heavy atom. The molecule has 1 saturated carbocycles. The van der Waals surface area contributed by atoms with Gasteiger partial charge < -0.3 is 11.1 Å². The summed E-state index contributed by atoms with van der Waals surface area (Å²) in [5.74, 6) is 1.13. The Bertz CT molecular complexity index is 236. The van der Waals surface area contributed by atoms with E-state index in [2.05, 4.69) is 33.0 Å². The monoisotopic (exact) mass is 212 g/mol. The van der Waals surface area contributed by atoms with E-state index in [4.69, 9.17) is 5.73 Å². The summed E-state index contributed by atoms with van der Waals surface area (Å²) in [6.45, 7) is 9.42. The molecule has 1 fully saturated rings. The number of rotatable bonds is 5. The van der Waals surface area contributed by atoms with Crippen molar-refractivity contribution in [3.8, 4) is 0 Å². The third-order valence-electron chi connectivity index (χ3n) is 3.30. The lowest BCUT2D eigenvalue weighted by Gasteiger charge is -2.14. The Kier molecular flexibility index (Phi) is 3.77. The van der Waals surface area contributed by atoms with Crippen molar-refractivity contribution in [3.05, 3.63) is 0 Å². The van der Waals surface area contributed by atoms with Gasteiger partial charge in [-0.15, -0.1) is 0 Å². The van der Waals surface area contributed by atoms with Gasteiger partial charge in [-0.25, -0.2) is 0 Å². The van der Waals surface area contributed by atoms with Crippen LogP contribution in [-0.2, 0) is 4.79 Å². The molecule has 1 amide bonds. The summed E-state index contributed by atoms with van der Waals surface area (Å²) in [4.78, 5) is 11.6. The summed E-state index contributed by atoms with van der Waals surface area (Å²) in [7, 11) is 0. The van der Waals surface area contributed by atoms with Crippen molar-refractivity contribution in [1.82, 2.24) is 5.32 Å². The van der Waals surface area contributed by atoms with E-state index >= 15 is 0 Å². The van der Waals surface area contributed by atoms with E-state index in [1.165, 1.54) is 6.42 Å². The van der Waals surface area contributed by atoms with Crippen molar-refractivity contribution in [3.63, 3.8) is 0 Å². The summed E-state index contributed by atoms with van der Waals surface area (Å²) in [6, 6.07) is -0.341. The summed E-state index contributed by atoms with van der Waals surface area (Å²) in [5.41, 5.74) is 6.21. The van der Waals surface area contributed by atoms with Crippen molar-refractivity contribution < 1.29 is 4.79 Å². The van der Waals surface area contributed by atoms with Crippen molar-refractivity contribution in [2.45, 2.75) is 46.6 Å². The molecule has 3 heteroatoms. The molecule has 0 spiro atoms. The predicted octanol–water partition coefficient (Wildman–Crippen LogP) is 1.52. The van der Waals surface area contributed by atoms with Crippen molar-refractivity contribution in [2.75, 3.05) is 6.54 Å². The number of hydrogen-bond donors (Lipinski definition) is 2. The van der Waals surface area contributed by atoms with Gasteiger partial charge in [0.05, 0.1) is 6.04 Å². The number of nitrogens with one attached hydrogen (secondary N) is 1. The molecular formula is C12H24N2O. The van der Waals surface area contributed by atoms with E-state index in [0.717, 1.165) is 13.0 Å². The van der Waals surface area contributed by atoms with Crippen molar-refractivity contribution in [2.24, 2.45) is 23.0 Å². The van der Waals surface area contributed by atoms with E-state index in [-0.39, 0.29) is 11.9 Å². The van der Waals surface area contributed by atoms with Crippen LogP contribution in [0.3, 0.4) is 0 Å². The van der Waals surface area contributed by atoms with Crippen LogP contribution in [-0.4, -0.2) is 18.5 Å². The molecule has 15 heavy (non-hydrogen) atoms. The van der Waals surface area contributed by atoms with Gasteiger partial charge in [-0.05, 0) is 30.1 Å². The zero-order chi connectivity index (χ0) is 11.6. The SMILES string of the molecule is CC(C)C[C@@H](N)C(=O)NCC1CC1(C)C. The van der Waals surface area contributed by atoms with Gasteiger partial charge in [0.15, 0.2) is 0 Å². The highest BCUT2D eigenvalue weighted by atomic mass is 16.2.